The first-order valence-corrected chi connectivity index (χ1v) is 2.66. The molecule has 0 aromatic carbocycles. The summed E-state index contributed by atoms with van der Waals surface area (Å²) in [6, 6.07) is 1.25. The first-order valence-electron chi connectivity index (χ1n) is 2.90. The van der Waals surface area contributed by atoms with E-state index in [1.165, 1.54) is 6.07 Å². The monoisotopic (exact) mass is 149 g/mol. The van der Waals surface area contributed by atoms with Gasteiger partial charge in [0.15, 0.2) is 0 Å². The second kappa shape index (κ2) is 2.33. The number of aromatic nitrogens is 1. The molecular formula is C5H3Cl2N. The number of halogens is 2. The third-order valence-corrected chi connectivity index (χ3v) is 0.959. The van der Waals surface area contributed by atoms with Crippen molar-refractivity contribution in [3.8, 4) is 0 Å². The van der Waals surface area contributed by atoms with Crippen molar-refractivity contribution in [1.29, 1.82) is 0 Å². The van der Waals surface area contributed by atoms with Gasteiger partial charge in [-0.1, -0.05) is 23.2 Å². The number of nitrogens with zero attached hydrogens (tertiary/aromatic N) is 1. The molecule has 1 heterocycles. The van der Waals surface area contributed by atoms with Crippen molar-refractivity contribution in [1.82, 2.24) is 4.98 Å². The van der Waals surface area contributed by atoms with Gasteiger partial charge in [0.25, 0.3) is 0 Å². The molecule has 1 aromatic rings. The average molecular weight is 150 g/mol. The minimum absolute atomic E-state index is 0.0222. The van der Waals surface area contributed by atoms with E-state index in [0.717, 1.165) is 0 Å². The molecule has 0 unspecified atom stereocenters. The SMILES string of the molecule is [2H]c1cc(Cl)c([2H])c(Cl)n1. The summed E-state index contributed by atoms with van der Waals surface area (Å²) in [6.07, 6.45) is -0.0222. The van der Waals surface area contributed by atoms with Gasteiger partial charge in [0.1, 0.15) is 5.15 Å². The van der Waals surface area contributed by atoms with E-state index in [1.54, 1.807) is 0 Å². The Balaban J connectivity index is 3.31. The molecule has 0 spiro atoms. The largest absolute Gasteiger partial charge is 0.244 e. The van der Waals surface area contributed by atoms with Crippen molar-refractivity contribution in [3.05, 3.63) is 28.5 Å². The first kappa shape index (κ1) is 3.70. The van der Waals surface area contributed by atoms with Crippen LogP contribution in [0, 0.1) is 0 Å². The van der Waals surface area contributed by atoms with Crippen molar-refractivity contribution >= 4 is 23.2 Å². The molecule has 0 aliphatic heterocycles. The fourth-order valence-corrected chi connectivity index (χ4v) is 0.645. The number of hydrogen-bond donors (Lipinski definition) is 0. The third-order valence-electron chi connectivity index (χ3n) is 0.577. The molecule has 0 aliphatic carbocycles. The maximum absolute atomic E-state index is 7.13. The second-order valence-electron chi connectivity index (χ2n) is 1.15. The van der Waals surface area contributed by atoms with Crippen LogP contribution in [0.15, 0.2) is 18.3 Å². The van der Waals surface area contributed by atoms with Crippen LogP contribution in [-0.2, 0) is 0 Å². The van der Waals surface area contributed by atoms with Gasteiger partial charge >= 0.3 is 0 Å². The first-order chi connectivity index (χ1) is 4.61. The fraction of sp³-hybridized carbons (Fsp3) is 0. The van der Waals surface area contributed by atoms with Gasteiger partial charge in [-0.25, -0.2) is 4.98 Å². The molecule has 0 radical (unpaired) electrons. The van der Waals surface area contributed by atoms with Crippen LogP contribution in [0.25, 0.3) is 0 Å². The minimum atomic E-state index is -0.0301. The molecular weight excluding hydrogens is 145 g/mol. The Labute approximate surface area is 60.1 Å². The molecule has 0 saturated carbocycles. The summed E-state index contributed by atoms with van der Waals surface area (Å²) < 4.78 is 14.1. The Morgan fingerprint density at radius 1 is 1.62 bits per heavy atom. The highest BCUT2D eigenvalue weighted by atomic mass is 35.5. The Morgan fingerprint density at radius 2 is 2.38 bits per heavy atom. The molecule has 8 heavy (non-hydrogen) atoms. The van der Waals surface area contributed by atoms with E-state index in [9.17, 15) is 0 Å². The zero-order valence-corrected chi connectivity index (χ0v) is 5.29. The predicted octanol–water partition coefficient (Wildman–Crippen LogP) is 2.39. The summed E-state index contributed by atoms with van der Waals surface area (Å²) >= 11 is 10.9. The molecule has 1 aromatic heterocycles. The zero-order valence-electron chi connectivity index (χ0n) is 5.78. The van der Waals surface area contributed by atoms with Crippen LogP contribution >= 0.6 is 23.2 Å². The topological polar surface area (TPSA) is 12.9 Å². The van der Waals surface area contributed by atoms with Crippen molar-refractivity contribution in [2.45, 2.75) is 0 Å². The smallest absolute Gasteiger partial charge is 0.130 e. The van der Waals surface area contributed by atoms with Crippen LogP contribution in [-0.4, -0.2) is 4.98 Å². The highest BCUT2D eigenvalue weighted by Crippen LogP contribution is 2.10. The fourth-order valence-electron chi connectivity index (χ4n) is 0.308. The molecule has 1 rings (SSSR count). The summed E-state index contributed by atoms with van der Waals surface area (Å²) in [5.41, 5.74) is 0. The van der Waals surface area contributed by atoms with Gasteiger partial charge < -0.3 is 0 Å². The molecule has 42 valence electrons. The van der Waals surface area contributed by atoms with E-state index in [1.807, 2.05) is 0 Å². The lowest BCUT2D eigenvalue weighted by Crippen LogP contribution is -1.69. The molecule has 0 aliphatic rings. The lowest BCUT2D eigenvalue weighted by Gasteiger charge is -1.85. The molecule has 0 bridgehead atoms. The van der Waals surface area contributed by atoms with Gasteiger partial charge in [0, 0.05) is 11.2 Å². The number of pyridine rings is 1. The van der Waals surface area contributed by atoms with Crippen LogP contribution in [0.5, 0.6) is 0 Å². The van der Waals surface area contributed by atoms with Crippen molar-refractivity contribution in [3.63, 3.8) is 0 Å². The van der Waals surface area contributed by atoms with Crippen molar-refractivity contribution in [2.24, 2.45) is 0 Å². The van der Waals surface area contributed by atoms with E-state index >= 15 is 0 Å². The van der Waals surface area contributed by atoms with Gasteiger partial charge in [0.05, 0.1) is 2.74 Å². The van der Waals surface area contributed by atoms with E-state index in [4.69, 9.17) is 25.9 Å². The number of rotatable bonds is 0. The van der Waals surface area contributed by atoms with Crippen LogP contribution < -0.4 is 0 Å². The Hall–Kier alpha value is -0.270. The summed E-state index contributed by atoms with van der Waals surface area (Å²) in [5, 5.41) is 0.127. The summed E-state index contributed by atoms with van der Waals surface area (Å²) in [5.74, 6) is 0. The summed E-state index contributed by atoms with van der Waals surface area (Å²) in [6.45, 7) is 0. The van der Waals surface area contributed by atoms with Gasteiger partial charge in [-0.2, -0.15) is 0 Å². The highest BCUT2D eigenvalue weighted by Gasteiger charge is 1.86. The highest BCUT2D eigenvalue weighted by molar-refractivity contribution is 6.33. The maximum Gasteiger partial charge on any atom is 0.130 e. The molecule has 0 N–H and O–H groups in total. The van der Waals surface area contributed by atoms with Crippen LogP contribution in [0.4, 0.5) is 0 Å². The van der Waals surface area contributed by atoms with Crippen molar-refractivity contribution < 1.29 is 2.74 Å². The Morgan fingerprint density at radius 3 is 3.00 bits per heavy atom. The Kier molecular flexibility index (Phi) is 1.08. The van der Waals surface area contributed by atoms with E-state index < -0.39 is 0 Å². The second-order valence-corrected chi connectivity index (χ2v) is 1.91. The van der Waals surface area contributed by atoms with Gasteiger partial charge in [0.2, 0.25) is 0 Å². The standard InChI is InChI=1S/C5H3Cl2N/c6-4-1-2-8-5(7)3-4/h1-3H/i2D,3D. The summed E-state index contributed by atoms with van der Waals surface area (Å²) in [7, 11) is 0. The van der Waals surface area contributed by atoms with Gasteiger partial charge in [-0.3, -0.25) is 0 Å². The summed E-state index contributed by atoms with van der Waals surface area (Å²) in [4.78, 5) is 3.49. The lowest BCUT2D eigenvalue weighted by molar-refractivity contribution is 1.33. The Bertz CT molecular complexity index is 241. The van der Waals surface area contributed by atoms with E-state index in [-0.39, 0.29) is 22.4 Å². The van der Waals surface area contributed by atoms with Crippen molar-refractivity contribution in [2.75, 3.05) is 0 Å². The van der Waals surface area contributed by atoms with E-state index in [0.29, 0.717) is 0 Å². The lowest BCUT2D eigenvalue weighted by atomic mass is 10.5. The molecule has 0 amide bonds. The van der Waals surface area contributed by atoms with Gasteiger partial charge in [-0.05, 0) is 12.1 Å². The normalized spacial score (nSPS) is 12.8. The zero-order chi connectivity index (χ0) is 7.72. The predicted molar refractivity (Wildman–Crippen MR) is 34.3 cm³/mol. The molecule has 0 saturated heterocycles. The number of hydrogen-bond acceptors (Lipinski definition) is 1. The van der Waals surface area contributed by atoms with Crippen LogP contribution in [0.2, 0.25) is 10.2 Å². The third kappa shape index (κ3) is 1.35. The molecule has 3 heteroatoms. The maximum atomic E-state index is 7.13. The van der Waals surface area contributed by atoms with Crippen LogP contribution in [0.3, 0.4) is 0 Å². The van der Waals surface area contributed by atoms with Crippen LogP contribution in [0.1, 0.15) is 2.74 Å². The molecule has 0 atom stereocenters. The molecule has 1 nitrogen and oxygen atoms in total. The average Bonchev–Trinajstić information content (AvgIpc) is 1.82. The van der Waals surface area contributed by atoms with E-state index in [2.05, 4.69) is 4.98 Å². The quantitative estimate of drug-likeness (QED) is 0.517. The minimum Gasteiger partial charge on any atom is -0.244 e. The molecule has 0 fully saturated rings. The van der Waals surface area contributed by atoms with Gasteiger partial charge in [-0.15, -0.1) is 0 Å².